The topological polar surface area (TPSA) is 105 Å². The standard InChI is InChI=1S/C21H28N4O3/c22-15-5-1-3-13(9-15)10-23-11-14-4-2-6-16-17(14)12-25(21(16)28)18-7-8-19(26)24-20(18)27/h2,4,6,13,15,18,23H,1,3,5,7-12,22H2,(H,24,26,27)/t13-,15+,18?/m0/s1. The van der Waals surface area contributed by atoms with Gasteiger partial charge < -0.3 is 16.0 Å². The van der Waals surface area contributed by atoms with Gasteiger partial charge in [0.25, 0.3) is 5.91 Å². The molecule has 4 rings (SSSR count). The smallest absolute Gasteiger partial charge is 0.255 e. The van der Waals surface area contributed by atoms with E-state index >= 15 is 0 Å². The first kappa shape index (κ1) is 19.1. The molecule has 1 saturated heterocycles. The summed E-state index contributed by atoms with van der Waals surface area (Å²) >= 11 is 0. The van der Waals surface area contributed by atoms with E-state index in [0.29, 0.717) is 37.0 Å². The first-order chi connectivity index (χ1) is 13.5. The highest BCUT2D eigenvalue weighted by Crippen LogP contribution is 2.30. The van der Waals surface area contributed by atoms with Crippen LogP contribution in [0.25, 0.3) is 0 Å². The van der Waals surface area contributed by atoms with Crippen LogP contribution in [0.5, 0.6) is 0 Å². The molecule has 1 saturated carbocycles. The Hall–Kier alpha value is -2.25. The number of nitrogens with two attached hydrogens (primary N) is 1. The minimum absolute atomic E-state index is 0.121. The molecule has 0 spiro atoms. The van der Waals surface area contributed by atoms with Crippen LogP contribution in [0.1, 0.15) is 60.0 Å². The fourth-order valence-electron chi connectivity index (χ4n) is 4.74. The van der Waals surface area contributed by atoms with E-state index in [2.05, 4.69) is 10.6 Å². The SMILES string of the molecule is N[C@@H]1CCC[C@H](CNCc2cccc3c2CN(C2CCC(=O)NC2=O)C3=O)C1. The summed E-state index contributed by atoms with van der Waals surface area (Å²) in [5.41, 5.74) is 8.84. The van der Waals surface area contributed by atoms with E-state index < -0.39 is 6.04 Å². The molecule has 0 aromatic heterocycles. The molecule has 1 aliphatic carbocycles. The largest absolute Gasteiger partial charge is 0.328 e. The Bertz CT molecular complexity index is 794. The van der Waals surface area contributed by atoms with Gasteiger partial charge in [0.05, 0.1) is 0 Å². The van der Waals surface area contributed by atoms with Gasteiger partial charge in [-0.1, -0.05) is 18.6 Å². The number of nitrogens with one attached hydrogen (secondary N) is 2. The van der Waals surface area contributed by atoms with Gasteiger partial charge in [0.15, 0.2) is 0 Å². The number of fused-ring (bicyclic) bond motifs is 1. The average Bonchev–Trinajstić information content (AvgIpc) is 2.99. The summed E-state index contributed by atoms with van der Waals surface area (Å²) in [5.74, 6) is -0.143. The van der Waals surface area contributed by atoms with E-state index in [1.807, 2.05) is 18.2 Å². The Kier molecular flexibility index (Phi) is 5.46. The molecule has 2 fully saturated rings. The Labute approximate surface area is 165 Å². The van der Waals surface area contributed by atoms with Gasteiger partial charge in [0.1, 0.15) is 6.04 Å². The van der Waals surface area contributed by atoms with Crippen LogP contribution in [0.15, 0.2) is 18.2 Å². The van der Waals surface area contributed by atoms with Crippen LogP contribution in [0.3, 0.4) is 0 Å². The van der Waals surface area contributed by atoms with Crippen molar-refractivity contribution < 1.29 is 14.4 Å². The van der Waals surface area contributed by atoms with Crippen molar-refractivity contribution in [2.24, 2.45) is 11.7 Å². The van der Waals surface area contributed by atoms with E-state index in [9.17, 15) is 14.4 Å². The molecule has 0 radical (unpaired) electrons. The first-order valence-electron chi connectivity index (χ1n) is 10.2. The third kappa shape index (κ3) is 3.82. The quantitative estimate of drug-likeness (QED) is 0.659. The fraction of sp³-hybridized carbons (Fsp3) is 0.571. The summed E-state index contributed by atoms with van der Waals surface area (Å²) in [5, 5.41) is 5.88. The van der Waals surface area contributed by atoms with Crippen molar-refractivity contribution >= 4 is 17.7 Å². The van der Waals surface area contributed by atoms with E-state index in [4.69, 9.17) is 5.73 Å². The highest BCUT2D eigenvalue weighted by molar-refractivity contribution is 6.05. The van der Waals surface area contributed by atoms with E-state index in [1.165, 1.54) is 12.8 Å². The zero-order valence-corrected chi connectivity index (χ0v) is 16.1. The zero-order valence-electron chi connectivity index (χ0n) is 16.1. The van der Waals surface area contributed by atoms with Crippen molar-refractivity contribution in [2.45, 2.75) is 63.7 Å². The Morgan fingerprint density at radius 3 is 2.82 bits per heavy atom. The molecule has 2 aliphatic heterocycles. The molecule has 28 heavy (non-hydrogen) atoms. The first-order valence-corrected chi connectivity index (χ1v) is 10.2. The highest BCUT2D eigenvalue weighted by Gasteiger charge is 2.39. The van der Waals surface area contributed by atoms with Crippen LogP contribution in [-0.4, -0.2) is 41.2 Å². The number of benzene rings is 1. The molecule has 3 amide bonds. The van der Waals surface area contributed by atoms with Gasteiger partial charge in [-0.3, -0.25) is 19.7 Å². The van der Waals surface area contributed by atoms with Crippen LogP contribution in [0.4, 0.5) is 0 Å². The van der Waals surface area contributed by atoms with Gasteiger partial charge in [0.2, 0.25) is 11.8 Å². The van der Waals surface area contributed by atoms with Gasteiger partial charge in [-0.25, -0.2) is 0 Å². The van der Waals surface area contributed by atoms with E-state index in [1.54, 1.807) is 4.90 Å². The number of carbonyl (C=O) groups excluding carboxylic acids is 3. The highest BCUT2D eigenvalue weighted by atomic mass is 16.2. The minimum atomic E-state index is -0.567. The molecule has 1 aromatic carbocycles. The molecule has 3 aliphatic rings. The number of hydrogen-bond acceptors (Lipinski definition) is 5. The third-order valence-electron chi connectivity index (χ3n) is 6.25. The summed E-state index contributed by atoms with van der Waals surface area (Å²) in [6.07, 6.45) is 5.27. The van der Waals surface area contributed by atoms with Crippen LogP contribution in [0, 0.1) is 5.92 Å². The second-order valence-corrected chi connectivity index (χ2v) is 8.27. The molecule has 4 N–H and O–H groups in total. The Morgan fingerprint density at radius 1 is 1.18 bits per heavy atom. The van der Waals surface area contributed by atoms with Gasteiger partial charge in [-0.05, 0) is 55.3 Å². The maximum Gasteiger partial charge on any atom is 0.255 e. The average molecular weight is 384 g/mol. The molecule has 7 heteroatoms. The summed E-state index contributed by atoms with van der Waals surface area (Å²) in [7, 11) is 0. The normalized spacial score (nSPS) is 27.7. The molecule has 150 valence electrons. The molecule has 2 heterocycles. The zero-order chi connectivity index (χ0) is 19.7. The van der Waals surface area contributed by atoms with Crippen molar-refractivity contribution in [1.29, 1.82) is 0 Å². The molecule has 1 aromatic rings. The molecular weight excluding hydrogens is 356 g/mol. The molecule has 7 nitrogen and oxygen atoms in total. The van der Waals surface area contributed by atoms with Gasteiger partial charge in [-0.15, -0.1) is 0 Å². The summed E-state index contributed by atoms with van der Waals surface area (Å²) in [4.78, 5) is 38.1. The minimum Gasteiger partial charge on any atom is -0.328 e. The van der Waals surface area contributed by atoms with Crippen molar-refractivity contribution in [3.63, 3.8) is 0 Å². The maximum atomic E-state index is 12.9. The number of rotatable bonds is 5. The van der Waals surface area contributed by atoms with E-state index in [0.717, 1.165) is 30.5 Å². The molecule has 1 unspecified atom stereocenters. The number of hydrogen-bond donors (Lipinski definition) is 3. The number of nitrogens with zero attached hydrogens (tertiary/aromatic N) is 1. The number of carbonyl (C=O) groups is 3. The monoisotopic (exact) mass is 384 g/mol. The lowest BCUT2D eigenvalue weighted by Gasteiger charge is -2.29. The Balaban J connectivity index is 1.41. The van der Waals surface area contributed by atoms with Crippen LogP contribution >= 0.6 is 0 Å². The molecule has 0 bridgehead atoms. The van der Waals surface area contributed by atoms with E-state index in [-0.39, 0.29) is 24.1 Å². The lowest BCUT2D eigenvalue weighted by Crippen LogP contribution is -2.52. The molecule has 3 atom stereocenters. The summed E-state index contributed by atoms with van der Waals surface area (Å²) in [6.45, 7) is 2.06. The van der Waals surface area contributed by atoms with Crippen LogP contribution < -0.4 is 16.4 Å². The van der Waals surface area contributed by atoms with Crippen LogP contribution in [0.2, 0.25) is 0 Å². The van der Waals surface area contributed by atoms with Crippen molar-refractivity contribution in [3.8, 4) is 0 Å². The van der Waals surface area contributed by atoms with Gasteiger partial charge in [-0.2, -0.15) is 0 Å². The number of imide groups is 1. The van der Waals surface area contributed by atoms with Crippen LogP contribution in [-0.2, 0) is 22.7 Å². The number of piperidine rings is 1. The van der Waals surface area contributed by atoms with Gasteiger partial charge in [0, 0.05) is 31.1 Å². The van der Waals surface area contributed by atoms with Crippen molar-refractivity contribution in [1.82, 2.24) is 15.5 Å². The van der Waals surface area contributed by atoms with Crippen molar-refractivity contribution in [2.75, 3.05) is 6.54 Å². The summed E-state index contributed by atoms with van der Waals surface area (Å²) < 4.78 is 0. The van der Waals surface area contributed by atoms with Gasteiger partial charge >= 0.3 is 0 Å². The van der Waals surface area contributed by atoms with Crippen molar-refractivity contribution in [3.05, 3.63) is 34.9 Å². The maximum absolute atomic E-state index is 12.9. The third-order valence-corrected chi connectivity index (χ3v) is 6.25. The second kappa shape index (κ2) is 8.01. The lowest BCUT2D eigenvalue weighted by molar-refractivity contribution is -0.136. The molecular formula is C21H28N4O3. The summed E-state index contributed by atoms with van der Waals surface area (Å²) in [6, 6.07) is 5.52. The predicted octanol–water partition coefficient (Wildman–Crippen LogP) is 1.05. The fourth-order valence-corrected chi connectivity index (χ4v) is 4.74. The number of amides is 3. The second-order valence-electron chi connectivity index (χ2n) is 8.27. The lowest BCUT2D eigenvalue weighted by atomic mass is 9.86. The predicted molar refractivity (Wildman–Crippen MR) is 104 cm³/mol. The Morgan fingerprint density at radius 2 is 2.04 bits per heavy atom.